The molecule has 12 heavy (non-hydrogen) atoms. The molecule has 0 saturated carbocycles. The number of hydrogen-bond donors (Lipinski definition) is 1. The molecule has 2 nitrogen and oxygen atoms in total. The van der Waals surface area contributed by atoms with Gasteiger partial charge in [0.05, 0.1) is 5.69 Å². The third-order valence-corrected chi connectivity index (χ3v) is 1.62. The largest absolute Gasteiger partial charge is 1.00 e. The molecule has 0 bridgehead atoms. The Kier molecular flexibility index (Phi) is 6.88. The van der Waals surface area contributed by atoms with Gasteiger partial charge in [0, 0.05) is 0 Å². The van der Waals surface area contributed by atoms with Crippen LogP contribution in [0.5, 0.6) is 0 Å². The maximum atomic E-state index is 5.53. The van der Waals surface area contributed by atoms with E-state index >= 15 is 0 Å². The van der Waals surface area contributed by atoms with Crippen LogP contribution in [0.25, 0.3) is 0 Å². The van der Waals surface area contributed by atoms with Crippen molar-refractivity contribution in [1.29, 1.82) is 0 Å². The van der Waals surface area contributed by atoms with Crippen molar-refractivity contribution in [3.05, 3.63) is 30.3 Å². The van der Waals surface area contributed by atoms with Crippen molar-refractivity contribution < 1.29 is 51.4 Å². The first kappa shape index (κ1) is 12.9. The smallest absolute Gasteiger partial charge is 0.409 e. The van der Waals surface area contributed by atoms with Gasteiger partial charge in [-0.1, -0.05) is 18.2 Å². The van der Waals surface area contributed by atoms with Crippen LogP contribution in [-0.2, 0) is 12.6 Å². The second-order valence-corrected chi connectivity index (χ2v) is 3.00. The Morgan fingerprint density at radius 1 is 1.33 bits per heavy atom. The van der Waals surface area contributed by atoms with Crippen LogP contribution in [0.15, 0.2) is 30.3 Å². The van der Waals surface area contributed by atoms with E-state index in [4.69, 9.17) is 30.7 Å². The van der Waals surface area contributed by atoms with Gasteiger partial charge in [0.1, 0.15) is 0 Å². The van der Waals surface area contributed by atoms with Crippen LogP contribution in [0.2, 0.25) is 0 Å². The Morgan fingerprint density at radius 2 is 1.83 bits per heavy atom. The van der Waals surface area contributed by atoms with E-state index in [1.165, 1.54) is 5.01 Å². The molecule has 5 heteroatoms. The summed E-state index contributed by atoms with van der Waals surface area (Å²) in [4.78, 5) is 0. The third-order valence-electron chi connectivity index (χ3n) is 1.23. The van der Waals surface area contributed by atoms with Gasteiger partial charge in [-0.2, -0.15) is 0 Å². The Bertz CT molecular complexity index is 253. The summed E-state index contributed by atoms with van der Waals surface area (Å²) in [6.45, 7) is 0. The van der Waals surface area contributed by atoms with Crippen molar-refractivity contribution >= 4 is 34.9 Å². The molecule has 0 fully saturated rings. The van der Waals surface area contributed by atoms with Crippen LogP contribution in [0.3, 0.4) is 0 Å². The first-order chi connectivity index (χ1) is 5.22. The van der Waals surface area contributed by atoms with Gasteiger partial charge < -0.3 is 24.8 Å². The SMILES string of the molecule is NN(C(=S)[S-])c1ccccc1.[K+]. The minimum Gasteiger partial charge on any atom is -0.409 e. The molecule has 0 saturated heterocycles. The minimum absolute atomic E-state index is 0. The zero-order valence-electron chi connectivity index (χ0n) is 6.73. The van der Waals surface area contributed by atoms with E-state index in [1.54, 1.807) is 0 Å². The maximum Gasteiger partial charge on any atom is 1.00 e. The van der Waals surface area contributed by atoms with E-state index in [9.17, 15) is 0 Å². The molecule has 0 aliphatic heterocycles. The van der Waals surface area contributed by atoms with E-state index < -0.39 is 0 Å². The molecule has 58 valence electrons. The second kappa shape index (κ2) is 6.39. The fraction of sp³-hybridized carbons (Fsp3) is 0. The number of hydrogen-bond acceptors (Lipinski definition) is 3. The zero-order valence-corrected chi connectivity index (χ0v) is 11.5. The minimum atomic E-state index is 0. The summed E-state index contributed by atoms with van der Waals surface area (Å²) in [7, 11) is 0. The molecular weight excluding hydrogens is 215 g/mol. The zero-order chi connectivity index (χ0) is 8.27. The monoisotopic (exact) mass is 222 g/mol. The summed E-state index contributed by atoms with van der Waals surface area (Å²) in [6, 6.07) is 9.35. The molecule has 1 rings (SSSR count). The van der Waals surface area contributed by atoms with Crippen molar-refractivity contribution in [2.24, 2.45) is 5.84 Å². The van der Waals surface area contributed by atoms with E-state index in [-0.39, 0.29) is 55.7 Å². The topological polar surface area (TPSA) is 29.3 Å². The summed E-state index contributed by atoms with van der Waals surface area (Å²) < 4.78 is 0.246. The average Bonchev–Trinajstić information content (AvgIpc) is 2.05. The maximum absolute atomic E-state index is 5.53. The van der Waals surface area contributed by atoms with E-state index in [2.05, 4.69) is 0 Å². The molecule has 0 radical (unpaired) electrons. The standard InChI is InChI=1S/C7H8N2S2.K/c8-9(7(10)11)6-4-2-1-3-5-6;/h1-5H,8H2,(H,10,11);/q;+1/p-1. The van der Waals surface area contributed by atoms with Crippen molar-refractivity contribution in [3.63, 3.8) is 0 Å². The number of hydrazine groups is 1. The average molecular weight is 222 g/mol. The first-order valence-corrected chi connectivity index (χ1v) is 3.84. The number of thiocarbonyl (C=S) groups is 1. The van der Waals surface area contributed by atoms with Crippen molar-refractivity contribution in [2.75, 3.05) is 5.01 Å². The molecule has 0 aromatic heterocycles. The Labute approximate surface area is 125 Å². The number of benzene rings is 1. The van der Waals surface area contributed by atoms with E-state index in [1.807, 2.05) is 30.3 Å². The van der Waals surface area contributed by atoms with Crippen LogP contribution in [0.4, 0.5) is 5.69 Å². The predicted molar refractivity (Wildman–Crippen MR) is 53.1 cm³/mol. The fourth-order valence-corrected chi connectivity index (χ4v) is 0.905. The normalized spacial score (nSPS) is 8.42. The molecular formula is C7H7KN2S2. The Balaban J connectivity index is 0.00000121. The second-order valence-electron chi connectivity index (χ2n) is 1.97. The van der Waals surface area contributed by atoms with Gasteiger partial charge in [-0.15, -0.1) is 0 Å². The molecule has 0 spiro atoms. The van der Waals surface area contributed by atoms with Gasteiger partial charge >= 0.3 is 51.4 Å². The Hall–Kier alpha value is 0.926. The molecule has 0 heterocycles. The summed E-state index contributed by atoms with van der Waals surface area (Å²) in [6.07, 6.45) is 0. The number of anilines is 1. The summed E-state index contributed by atoms with van der Waals surface area (Å²) in [5.74, 6) is 5.53. The van der Waals surface area contributed by atoms with E-state index in [0.717, 1.165) is 5.69 Å². The van der Waals surface area contributed by atoms with Crippen LogP contribution in [0.1, 0.15) is 0 Å². The number of nitrogens with zero attached hydrogens (tertiary/aromatic N) is 1. The van der Waals surface area contributed by atoms with Gasteiger partial charge in [-0.3, -0.25) is 5.01 Å². The van der Waals surface area contributed by atoms with Gasteiger partial charge in [0.2, 0.25) is 0 Å². The van der Waals surface area contributed by atoms with Crippen molar-refractivity contribution in [3.8, 4) is 0 Å². The summed E-state index contributed by atoms with van der Waals surface area (Å²) in [5.41, 5.74) is 0.813. The van der Waals surface area contributed by atoms with Crippen molar-refractivity contribution in [1.82, 2.24) is 0 Å². The summed E-state index contributed by atoms with van der Waals surface area (Å²) >= 11 is 9.43. The van der Waals surface area contributed by atoms with Crippen LogP contribution < -0.4 is 62.2 Å². The predicted octanol–water partition coefficient (Wildman–Crippen LogP) is -1.80. The molecule has 0 aliphatic carbocycles. The van der Waals surface area contributed by atoms with Crippen molar-refractivity contribution in [2.45, 2.75) is 0 Å². The van der Waals surface area contributed by atoms with Crippen LogP contribution >= 0.6 is 12.2 Å². The molecule has 1 aromatic rings. The fourth-order valence-electron chi connectivity index (χ4n) is 0.694. The summed E-state index contributed by atoms with van der Waals surface area (Å²) in [5, 5.41) is 1.30. The number of para-hydroxylation sites is 1. The van der Waals surface area contributed by atoms with Gasteiger partial charge in [-0.05, 0) is 16.5 Å². The first-order valence-electron chi connectivity index (χ1n) is 3.02. The molecule has 0 atom stereocenters. The van der Waals surface area contributed by atoms with Gasteiger partial charge in [0.25, 0.3) is 0 Å². The van der Waals surface area contributed by atoms with Gasteiger partial charge in [-0.25, -0.2) is 5.84 Å². The van der Waals surface area contributed by atoms with E-state index in [0.29, 0.717) is 0 Å². The van der Waals surface area contributed by atoms with Crippen LogP contribution in [0, 0.1) is 0 Å². The number of nitrogens with two attached hydrogens (primary N) is 1. The molecule has 2 N–H and O–H groups in total. The molecule has 0 amide bonds. The molecule has 0 aliphatic rings. The van der Waals surface area contributed by atoms with Gasteiger partial charge in [0.15, 0.2) is 0 Å². The third kappa shape index (κ3) is 3.76. The Morgan fingerprint density at radius 3 is 2.25 bits per heavy atom. The van der Waals surface area contributed by atoms with Crippen LogP contribution in [-0.4, -0.2) is 4.32 Å². The molecule has 1 aromatic carbocycles. The quantitative estimate of drug-likeness (QED) is 0.200. The number of rotatable bonds is 1. The molecule has 0 unspecified atom stereocenters.